The Labute approximate surface area is 188 Å². The summed E-state index contributed by atoms with van der Waals surface area (Å²) >= 11 is 0. The van der Waals surface area contributed by atoms with Crippen molar-refractivity contribution in [3.63, 3.8) is 0 Å². The summed E-state index contributed by atoms with van der Waals surface area (Å²) in [7, 11) is -3.21. The number of anilines is 1. The first-order valence-corrected chi connectivity index (χ1v) is 12.8. The number of aromatic amines is 2. The second-order valence-corrected chi connectivity index (χ2v) is 10.5. The monoisotopic (exact) mass is 474 g/mol. The average Bonchev–Trinajstić information content (AvgIpc) is 3.37. The molecule has 0 bridgehead atoms. The zero-order valence-corrected chi connectivity index (χ0v) is 18.9. The molecule has 33 heavy (non-hydrogen) atoms. The molecule has 2 aliphatic carbocycles. The number of sulfonamides is 1. The summed E-state index contributed by atoms with van der Waals surface area (Å²) in [6.07, 6.45) is 9.61. The van der Waals surface area contributed by atoms with Crippen LogP contribution in [0.4, 0.5) is 5.82 Å². The number of imidazole rings is 1. The van der Waals surface area contributed by atoms with Gasteiger partial charge < -0.3 is 15.4 Å². The number of nitrogens with one attached hydrogen (secondary N) is 4. The number of hydrogen-bond acceptors (Lipinski definition) is 8. The summed E-state index contributed by atoms with van der Waals surface area (Å²) in [6.45, 7) is 0. The summed E-state index contributed by atoms with van der Waals surface area (Å²) < 4.78 is 27.3. The zero-order valence-electron chi connectivity index (χ0n) is 18.1. The molecule has 2 fully saturated rings. The lowest BCUT2D eigenvalue weighted by atomic mass is 9.92. The van der Waals surface area contributed by atoms with Gasteiger partial charge in [0.15, 0.2) is 11.1 Å². The average molecular weight is 475 g/mol. The summed E-state index contributed by atoms with van der Waals surface area (Å²) in [6, 6.07) is 2.27. The van der Waals surface area contributed by atoms with Gasteiger partial charge in [0.05, 0.1) is 18.5 Å². The Bertz CT molecular complexity index is 1460. The first kappa shape index (κ1) is 21.6. The smallest absolute Gasteiger partial charge is 0.326 e. The number of nitrogens with zero attached hydrogens (tertiary/aromatic N) is 4. The van der Waals surface area contributed by atoms with Gasteiger partial charge in [-0.05, 0) is 44.6 Å². The van der Waals surface area contributed by atoms with Gasteiger partial charge in [-0.15, -0.1) is 0 Å². The lowest BCUT2D eigenvalue weighted by Crippen LogP contribution is -2.39. The summed E-state index contributed by atoms with van der Waals surface area (Å²) in [5, 5.41) is 18.4. The van der Waals surface area contributed by atoms with E-state index < -0.39 is 15.7 Å². The fourth-order valence-electron chi connectivity index (χ4n) is 4.14. The molecule has 5 rings (SSSR count). The van der Waals surface area contributed by atoms with Gasteiger partial charge in [-0.1, -0.05) is 0 Å². The zero-order chi connectivity index (χ0) is 23.2. The minimum Gasteiger partial charge on any atom is -0.493 e. The van der Waals surface area contributed by atoms with Crippen LogP contribution in [0.5, 0.6) is 5.88 Å². The maximum Gasteiger partial charge on any atom is 0.326 e. The van der Waals surface area contributed by atoms with Crippen molar-refractivity contribution in [3.8, 4) is 5.88 Å². The minimum atomic E-state index is -3.21. The van der Waals surface area contributed by atoms with Crippen LogP contribution in [0.3, 0.4) is 0 Å². The van der Waals surface area contributed by atoms with Crippen LogP contribution in [0.2, 0.25) is 0 Å². The lowest BCUT2D eigenvalue weighted by Gasteiger charge is -2.29. The largest absolute Gasteiger partial charge is 0.493 e. The topological polar surface area (TPSA) is 170 Å². The molecule has 2 saturated carbocycles. The molecule has 13 heteroatoms. The Morgan fingerprint density at radius 3 is 2.55 bits per heavy atom. The van der Waals surface area contributed by atoms with E-state index in [0.717, 1.165) is 38.5 Å². The maximum atomic E-state index is 11.5. The van der Waals surface area contributed by atoms with Crippen molar-refractivity contribution < 1.29 is 13.5 Å². The van der Waals surface area contributed by atoms with Crippen molar-refractivity contribution >= 4 is 27.6 Å². The van der Waals surface area contributed by atoms with Crippen molar-refractivity contribution in [1.29, 1.82) is 0 Å². The van der Waals surface area contributed by atoms with Gasteiger partial charge in [0.2, 0.25) is 15.9 Å². The second-order valence-electron chi connectivity index (χ2n) is 8.76. The summed E-state index contributed by atoms with van der Waals surface area (Å²) in [5.74, 6) is 0.402. The first-order chi connectivity index (χ1) is 15.7. The molecule has 0 saturated heterocycles. The van der Waals surface area contributed by atoms with Crippen LogP contribution in [0.15, 0.2) is 22.1 Å². The third-order valence-electron chi connectivity index (χ3n) is 5.84. The van der Waals surface area contributed by atoms with Gasteiger partial charge >= 0.3 is 5.69 Å². The Morgan fingerprint density at radius 2 is 1.91 bits per heavy atom. The number of aromatic hydroxyl groups is 1. The van der Waals surface area contributed by atoms with Crippen LogP contribution in [0, 0.1) is 0 Å². The van der Waals surface area contributed by atoms with E-state index in [0.29, 0.717) is 22.2 Å². The summed E-state index contributed by atoms with van der Waals surface area (Å²) in [5.41, 5.74) is 0.973. The van der Waals surface area contributed by atoms with E-state index >= 15 is 0 Å². The fraction of sp³-hybridized carbons (Fsp3) is 0.500. The van der Waals surface area contributed by atoms with Gasteiger partial charge in [-0.25, -0.2) is 22.9 Å². The standard InChI is InChI=1S/C20H26N8O4S/c1-33(31,32)27-14-6-4-12(5-7-14)22-16-9-17(23-13-2-3-13)28-18(25-16)11(10-21-28)8-15-19(29)26-20(30)24-15/h8-10,12-14,22,27,29H,2-7H2,1H3,(H2,24,26,30). The molecule has 0 spiro atoms. The third kappa shape index (κ3) is 5.09. The van der Waals surface area contributed by atoms with Crippen molar-refractivity contribution in [1.82, 2.24) is 29.3 Å². The molecule has 3 aromatic rings. The number of rotatable bonds is 6. The van der Waals surface area contributed by atoms with Crippen LogP contribution in [0.1, 0.15) is 44.2 Å². The lowest BCUT2D eigenvalue weighted by molar-refractivity contribution is 0.387. The van der Waals surface area contributed by atoms with Crippen molar-refractivity contribution in [2.75, 3.05) is 11.6 Å². The second kappa shape index (κ2) is 8.30. The molecule has 0 unspecified atom stereocenters. The molecule has 2 aliphatic rings. The molecule has 0 atom stereocenters. The van der Waals surface area contributed by atoms with E-state index in [-0.39, 0.29) is 29.7 Å². The van der Waals surface area contributed by atoms with E-state index in [9.17, 15) is 18.3 Å². The van der Waals surface area contributed by atoms with Crippen LogP contribution < -0.4 is 26.4 Å². The Hall–Kier alpha value is -3.19. The molecule has 5 N–H and O–H groups in total. The van der Waals surface area contributed by atoms with Crippen molar-refractivity contribution in [3.05, 3.63) is 39.1 Å². The van der Waals surface area contributed by atoms with E-state index in [1.54, 1.807) is 16.8 Å². The molecular weight excluding hydrogens is 448 g/mol. The normalized spacial score (nSPS) is 22.8. The van der Waals surface area contributed by atoms with Gasteiger partial charge in [0.25, 0.3) is 0 Å². The number of fused-ring (bicyclic) bond motifs is 1. The van der Waals surface area contributed by atoms with E-state index in [4.69, 9.17) is 9.98 Å². The van der Waals surface area contributed by atoms with E-state index in [2.05, 4.69) is 25.1 Å². The Kier molecular flexibility index (Phi) is 5.44. The number of H-pyrrole nitrogens is 2. The highest BCUT2D eigenvalue weighted by atomic mass is 32.2. The van der Waals surface area contributed by atoms with Gasteiger partial charge in [-0.3, -0.25) is 9.98 Å². The molecule has 3 aromatic heterocycles. The first-order valence-electron chi connectivity index (χ1n) is 10.9. The predicted octanol–water partition coefficient (Wildman–Crippen LogP) is -0.666. The van der Waals surface area contributed by atoms with Gasteiger partial charge in [0, 0.05) is 23.4 Å². The molecular formula is C20H26N8O4S. The summed E-state index contributed by atoms with van der Waals surface area (Å²) in [4.78, 5) is 25.8. The highest BCUT2D eigenvalue weighted by Gasteiger charge is 2.24. The van der Waals surface area contributed by atoms with Crippen LogP contribution in [-0.4, -0.2) is 62.5 Å². The predicted molar refractivity (Wildman–Crippen MR) is 121 cm³/mol. The maximum absolute atomic E-state index is 11.5. The van der Waals surface area contributed by atoms with Gasteiger partial charge in [-0.2, -0.15) is 9.61 Å². The molecule has 176 valence electrons. The van der Waals surface area contributed by atoms with Crippen molar-refractivity contribution in [2.45, 2.75) is 56.7 Å². The molecule has 0 amide bonds. The molecule has 0 aliphatic heterocycles. The SMILES string of the molecule is CS(=O)(=O)NC1CCC(Nc2cc(=NC3CC3)n3ncc(=Cc4[nH]c(=O)[nH]c4O)c3n2)CC1. The number of hydrogen-bond donors (Lipinski definition) is 5. The quantitative estimate of drug-likeness (QED) is 0.316. The van der Waals surface area contributed by atoms with Crippen molar-refractivity contribution in [2.24, 2.45) is 4.99 Å². The third-order valence-corrected chi connectivity index (χ3v) is 6.60. The Morgan fingerprint density at radius 1 is 1.18 bits per heavy atom. The van der Waals surface area contributed by atoms with E-state index in [1.165, 1.54) is 6.26 Å². The molecule has 3 heterocycles. The fourth-order valence-corrected chi connectivity index (χ4v) is 4.98. The number of aromatic nitrogens is 5. The Balaban J connectivity index is 1.46. The molecule has 12 nitrogen and oxygen atoms in total. The van der Waals surface area contributed by atoms with E-state index in [1.807, 2.05) is 6.07 Å². The van der Waals surface area contributed by atoms with Crippen LogP contribution >= 0.6 is 0 Å². The van der Waals surface area contributed by atoms with Crippen LogP contribution in [0.25, 0.3) is 11.7 Å². The van der Waals surface area contributed by atoms with Gasteiger partial charge in [0.1, 0.15) is 11.5 Å². The molecule has 0 aromatic carbocycles. The molecule has 0 radical (unpaired) electrons. The van der Waals surface area contributed by atoms with Crippen LogP contribution in [-0.2, 0) is 10.0 Å². The minimum absolute atomic E-state index is 0.0406. The highest BCUT2D eigenvalue weighted by molar-refractivity contribution is 7.88. The highest BCUT2D eigenvalue weighted by Crippen LogP contribution is 2.23.